The molecule has 0 aliphatic carbocycles. The lowest BCUT2D eigenvalue weighted by Gasteiger charge is -2.15. The molecule has 1 unspecified atom stereocenters. The van der Waals surface area contributed by atoms with Crippen LogP contribution in [0.4, 0.5) is 5.69 Å². The molecule has 1 atom stereocenters. The standard InChI is InChI=1S/C19H17N3O4S/c1-12(18(24)22-14-6-4-5-13(9-14)10-20)26-19(25)15-7-2-3-8-16(15)27-11-17(21)23/h2-9,12H,11H2,1H3,(H2,21,23)(H,22,24). The number of amides is 2. The first kappa shape index (κ1) is 20.0. The third-order valence-corrected chi connectivity index (χ3v) is 4.49. The van der Waals surface area contributed by atoms with Crippen molar-refractivity contribution in [2.24, 2.45) is 5.73 Å². The van der Waals surface area contributed by atoms with Crippen LogP contribution < -0.4 is 11.1 Å². The number of esters is 1. The number of thioether (sulfide) groups is 1. The van der Waals surface area contributed by atoms with Crippen LogP contribution in [0.15, 0.2) is 53.4 Å². The van der Waals surface area contributed by atoms with Gasteiger partial charge < -0.3 is 15.8 Å². The quantitative estimate of drug-likeness (QED) is 0.559. The summed E-state index contributed by atoms with van der Waals surface area (Å²) in [5.41, 5.74) is 6.21. The van der Waals surface area contributed by atoms with Gasteiger partial charge in [0.25, 0.3) is 5.91 Å². The zero-order chi connectivity index (χ0) is 19.8. The Morgan fingerprint density at radius 1 is 1.22 bits per heavy atom. The molecule has 0 bridgehead atoms. The fraction of sp³-hybridized carbons (Fsp3) is 0.158. The maximum atomic E-state index is 12.4. The molecule has 0 aliphatic rings. The first-order valence-electron chi connectivity index (χ1n) is 7.93. The average Bonchev–Trinajstić information content (AvgIpc) is 2.66. The highest BCUT2D eigenvalue weighted by Crippen LogP contribution is 2.23. The summed E-state index contributed by atoms with van der Waals surface area (Å²) in [5, 5.41) is 11.5. The summed E-state index contributed by atoms with van der Waals surface area (Å²) in [4.78, 5) is 36.1. The maximum absolute atomic E-state index is 12.4. The summed E-state index contributed by atoms with van der Waals surface area (Å²) in [6, 6.07) is 15.0. The van der Waals surface area contributed by atoms with Gasteiger partial charge in [0, 0.05) is 10.6 Å². The molecule has 0 heterocycles. The number of rotatable bonds is 7. The molecule has 2 aromatic carbocycles. The monoisotopic (exact) mass is 383 g/mol. The van der Waals surface area contributed by atoms with Crippen LogP contribution in [0, 0.1) is 11.3 Å². The first-order chi connectivity index (χ1) is 12.9. The van der Waals surface area contributed by atoms with Crippen molar-refractivity contribution in [3.05, 3.63) is 59.7 Å². The molecule has 0 aliphatic heterocycles. The number of hydrogen-bond acceptors (Lipinski definition) is 6. The van der Waals surface area contributed by atoms with Gasteiger partial charge in [-0.3, -0.25) is 9.59 Å². The summed E-state index contributed by atoms with van der Waals surface area (Å²) in [6.45, 7) is 1.44. The third-order valence-electron chi connectivity index (χ3n) is 3.39. The van der Waals surface area contributed by atoms with E-state index in [1.165, 1.54) is 13.0 Å². The molecule has 0 aromatic heterocycles. The van der Waals surface area contributed by atoms with Crippen LogP contribution in [0.5, 0.6) is 0 Å². The van der Waals surface area contributed by atoms with Gasteiger partial charge in [-0.05, 0) is 37.3 Å². The van der Waals surface area contributed by atoms with Gasteiger partial charge in [0.05, 0.1) is 22.9 Å². The molecule has 27 heavy (non-hydrogen) atoms. The third kappa shape index (κ3) is 5.87. The zero-order valence-corrected chi connectivity index (χ0v) is 15.3. The van der Waals surface area contributed by atoms with Crippen molar-refractivity contribution in [2.75, 3.05) is 11.1 Å². The van der Waals surface area contributed by atoms with Crippen molar-refractivity contribution >= 4 is 35.2 Å². The van der Waals surface area contributed by atoms with Gasteiger partial charge in [0.15, 0.2) is 6.10 Å². The molecule has 2 amide bonds. The molecule has 138 valence electrons. The lowest BCUT2D eigenvalue weighted by atomic mass is 10.2. The van der Waals surface area contributed by atoms with Crippen molar-refractivity contribution in [3.63, 3.8) is 0 Å². The number of ether oxygens (including phenoxy) is 1. The van der Waals surface area contributed by atoms with E-state index < -0.39 is 23.9 Å². The van der Waals surface area contributed by atoms with E-state index in [1.54, 1.807) is 42.5 Å². The summed E-state index contributed by atoms with van der Waals surface area (Å²) in [7, 11) is 0. The number of nitrogens with two attached hydrogens (primary N) is 1. The fourth-order valence-corrected chi connectivity index (χ4v) is 2.88. The Kier molecular flexibility index (Phi) is 6.97. The Bertz CT molecular complexity index is 908. The van der Waals surface area contributed by atoms with Crippen molar-refractivity contribution in [1.29, 1.82) is 5.26 Å². The van der Waals surface area contributed by atoms with Crippen LogP contribution in [-0.2, 0) is 14.3 Å². The van der Waals surface area contributed by atoms with E-state index in [0.29, 0.717) is 16.1 Å². The smallest absolute Gasteiger partial charge is 0.340 e. The molecular weight excluding hydrogens is 366 g/mol. The lowest BCUT2D eigenvalue weighted by molar-refractivity contribution is -0.123. The van der Waals surface area contributed by atoms with Crippen LogP contribution >= 0.6 is 11.8 Å². The minimum Gasteiger partial charge on any atom is -0.449 e. The molecule has 0 saturated carbocycles. The molecule has 7 nitrogen and oxygen atoms in total. The molecule has 0 fully saturated rings. The predicted molar refractivity (Wildman–Crippen MR) is 101 cm³/mol. The Balaban J connectivity index is 2.03. The molecule has 0 spiro atoms. The van der Waals surface area contributed by atoms with Crippen molar-refractivity contribution in [3.8, 4) is 6.07 Å². The Morgan fingerprint density at radius 2 is 1.96 bits per heavy atom. The number of anilines is 1. The van der Waals surface area contributed by atoms with E-state index in [1.807, 2.05) is 6.07 Å². The van der Waals surface area contributed by atoms with Gasteiger partial charge in [0.1, 0.15) is 0 Å². The molecule has 3 N–H and O–H groups in total. The van der Waals surface area contributed by atoms with Crippen LogP contribution in [0.2, 0.25) is 0 Å². The predicted octanol–water partition coefficient (Wildman–Crippen LogP) is 2.32. The number of nitrogens with zero attached hydrogens (tertiary/aromatic N) is 1. The number of primary amides is 1. The van der Waals surface area contributed by atoms with Gasteiger partial charge in [0.2, 0.25) is 5.91 Å². The zero-order valence-electron chi connectivity index (χ0n) is 14.5. The SMILES string of the molecule is CC(OC(=O)c1ccccc1SCC(N)=O)C(=O)Nc1cccc(C#N)c1. The van der Waals surface area contributed by atoms with E-state index in [-0.39, 0.29) is 11.3 Å². The van der Waals surface area contributed by atoms with E-state index in [0.717, 1.165) is 11.8 Å². The second kappa shape index (κ2) is 9.40. The number of nitriles is 1. The van der Waals surface area contributed by atoms with E-state index in [9.17, 15) is 14.4 Å². The van der Waals surface area contributed by atoms with Crippen molar-refractivity contribution in [1.82, 2.24) is 0 Å². The number of benzene rings is 2. The highest BCUT2D eigenvalue weighted by atomic mass is 32.2. The Morgan fingerprint density at radius 3 is 2.67 bits per heavy atom. The highest BCUT2D eigenvalue weighted by molar-refractivity contribution is 8.00. The van der Waals surface area contributed by atoms with Crippen LogP contribution in [-0.4, -0.2) is 29.6 Å². The van der Waals surface area contributed by atoms with Crippen molar-refractivity contribution in [2.45, 2.75) is 17.9 Å². The topological polar surface area (TPSA) is 122 Å². The minimum atomic E-state index is -1.06. The van der Waals surface area contributed by atoms with Crippen molar-refractivity contribution < 1.29 is 19.1 Å². The van der Waals surface area contributed by atoms with E-state index >= 15 is 0 Å². The summed E-state index contributed by atoms with van der Waals surface area (Å²) >= 11 is 1.12. The number of carbonyl (C=O) groups excluding carboxylic acids is 3. The maximum Gasteiger partial charge on any atom is 0.340 e. The van der Waals surface area contributed by atoms with Gasteiger partial charge >= 0.3 is 5.97 Å². The second-order valence-electron chi connectivity index (χ2n) is 5.48. The lowest BCUT2D eigenvalue weighted by Crippen LogP contribution is -2.30. The number of hydrogen-bond donors (Lipinski definition) is 2. The van der Waals surface area contributed by atoms with E-state index in [2.05, 4.69) is 5.32 Å². The Labute approximate surface area is 160 Å². The van der Waals surface area contributed by atoms with Crippen LogP contribution in [0.1, 0.15) is 22.8 Å². The summed E-state index contributed by atoms with van der Waals surface area (Å²) in [6.07, 6.45) is -1.06. The molecule has 2 rings (SSSR count). The normalized spacial score (nSPS) is 11.1. The molecule has 0 radical (unpaired) electrons. The number of nitrogens with one attached hydrogen (secondary N) is 1. The van der Waals surface area contributed by atoms with Gasteiger partial charge in [-0.15, -0.1) is 11.8 Å². The molecule has 8 heteroatoms. The molecule has 0 saturated heterocycles. The Hall–Kier alpha value is -3.31. The average molecular weight is 383 g/mol. The van der Waals surface area contributed by atoms with Crippen LogP contribution in [0.3, 0.4) is 0 Å². The van der Waals surface area contributed by atoms with Gasteiger partial charge in [-0.25, -0.2) is 4.79 Å². The highest BCUT2D eigenvalue weighted by Gasteiger charge is 2.21. The van der Waals surface area contributed by atoms with Gasteiger partial charge in [-0.1, -0.05) is 18.2 Å². The van der Waals surface area contributed by atoms with Crippen LogP contribution in [0.25, 0.3) is 0 Å². The fourth-order valence-electron chi connectivity index (χ4n) is 2.10. The number of carbonyl (C=O) groups is 3. The second-order valence-corrected chi connectivity index (χ2v) is 6.50. The minimum absolute atomic E-state index is 0.0234. The van der Waals surface area contributed by atoms with E-state index in [4.69, 9.17) is 15.7 Å². The summed E-state index contributed by atoms with van der Waals surface area (Å²) < 4.78 is 5.23. The first-order valence-corrected chi connectivity index (χ1v) is 8.91. The molecule has 2 aromatic rings. The molecular formula is C19H17N3O4S. The largest absolute Gasteiger partial charge is 0.449 e. The van der Waals surface area contributed by atoms with Gasteiger partial charge in [-0.2, -0.15) is 5.26 Å². The summed E-state index contributed by atoms with van der Waals surface area (Å²) in [5.74, 6) is -1.69.